The van der Waals surface area contributed by atoms with Crippen LogP contribution in [0.4, 0.5) is 5.69 Å². The number of benzene rings is 2. The summed E-state index contributed by atoms with van der Waals surface area (Å²) in [5.74, 6) is -1.06. The number of phenols is 1. The third-order valence-corrected chi connectivity index (χ3v) is 8.16. The maximum Gasteiger partial charge on any atom is 0.268 e. The average Bonchev–Trinajstić information content (AvgIpc) is 2.93. The highest BCUT2D eigenvalue weighted by Crippen LogP contribution is 2.37. The Labute approximate surface area is 169 Å². The summed E-state index contributed by atoms with van der Waals surface area (Å²) < 4.78 is 62.5. The third-order valence-electron chi connectivity index (χ3n) is 4.59. The van der Waals surface area contributed by atoms with E-state index in [1.807, 2.05) is 0 Å². The molecule has 158 valence electrons. The van der Waals surface area contributed by atoms with Gasteiger partial charge in [-0.2, -0.15) is 0 Å². The second kappa shape index (κ2) is 7.73. The quantitative estimate of drug-likeness (QED) is 0.669. The van der Waals surface area contributed by atoms with E-state index < -0.39 is 43.5 Å². The van der Waals surface area contributed by atoms with E-state index in [0.29, 0.717) is 0 Å². The van der Waals surface area contributed by atoms with Crippen LogP contribution in [0.1, 0.15) is 0 Å². The molecule has 0 amide bonds. The number of methoxy groups -OCH3 is 2. The molecule has 0 unspecified atom stereocenters. The molecule has 0 aliphatic carbocycles. The molecule has 3 rings (SSSR count). The Morgan fingerprint density at radius 1 is 1.07 bits per heavy atom. The number of aliphatic hydroxyl groups is 1. The van der Waals surface area contributed by atoms with Crippen molar-refractivity contribution in [1.29, 1.82) is 0 Å². The number of hydrogen-bond acceptors (Lipinski definition) is 8. The number of nitrogens with zero attached hydrogens (tertiary/aromatic N) is 1. The second-order valence-electron chi connectivity index (χ2n) is 6.55. The fourth-order valence-electron chi connectivity index (χ4n) is 3.26. The molecule has 2 aromatic carbocycles. The van der Waals surface area contributed by atoms with Crippen molar-refractivity contribution in [3.8, 4) is 17.2 Å². The van der Waals surface area contributed by atoms with Crippen LogP contribution in [0, 0.1) is 0 Å². The zero-order chi connectivity index (χ0) is 21.4. The van der Waals surface area contributed by atoms with Gasteiger partial charge in [0.05, 0.1) is 43.6 Å². The SMILES string of the molecule is COc1ccc(OC)c(S(=O)(=O)N(c2cccc(O)c2)[C@H]2CS(=O)(=O)C[C@H]2O)c1. The van der Waals surface area contributed by atoms with Crippen molar-refractivity contribution in [3.63, 3.8) is 0 Å². The molecule has 0 saturated carbocycles. The molecule has 29 heavy (non-hydrogen) atoms. The number of rotatable bonds is 6. The molecule has 1 heterocycles. The lowest BCUT2D eigenvalue weighted by Crippen LogP contribution is -2.47. The van der Waals surface area contributed by atoms with Crippen molar-refractivity contribution in [2.45, 2.75) is 17.0 Å². The van der Waals surface area contributed by atoms with Gasteiger partial charge < -0.3 is 19.7 Å². The largest absolute Gasteiger partial charge is 0.508 e. The summed E-state index contributed by atoms with van der Waals surface area (Å²) in [6, 6.07) is 8.26. The average molecular weight is 443 g/mol. The summed E-state index contributed by atoms with van der Waals surface area (Å²) in [4.78, 5) is -0.265. The first kappa shape index (κ1) is 21.2. The van der Waals surface area contributed by atoms with Crippen molar-refractivity contribution in [3.05, 3.63) is 42.5 Å². The predicted octanol–water partition coefficient (Wildman–Crippen LogP) is 0.763. The monoisotopic (exact) mass is 443 g/mol. The molecule has 1 aliphatic rings. The van der Waals surface area contributed by atoms with Gasteiger partial charge in [0.25, 0.3) is 10.0 Å². The molecular weight excluding hydrogens is 422 g/mol. The highest BCUT2D eigenvalue weighted by Gasteiger charge is 2.45. The Balaban J connectivity index is 2.24. The normalized spacial score (nSPS) is 20.9. The molecule has 1 fully saturated rings. The van der Waals surface area contributed by atoms with Crippen molar-refractivity contribution >= 4 is 25.5 Å². The first-order valence-corrected chi connectivity index (χ1v) is 11.8. The van der Waals surface area contributed by atoms with Gasteiger partial charge in [0.1, 0.15) is 22.1 Å². The third kappa shape index (κ3) is 4.11. The summed E-state index contributed by atoms with van der Waals surface area (Å²) in [6.07, 6.45) is -1.44. The molecule has 1 aliphatic heterocycles. The molecule has 0 aromatic heterocycles. The Morgan fingerprint density at radius 2 is 1.79 bits per heavy atom. The van der Waals surface area contributed by atoms with E-state index in [0.717, 1.165) is 4.31 Å². The number of anilines is 1. The molecule has 0 bridgehead atoms. The molecule has 11 heteroatoms. The number of hydrogen-bond donors (Lipinski definition) is 2. The zero-order valence-electron chi connectivity index (χ0n) is 15.7. The molecule has 1 saturated heterocycles. The maximum absolute atomic E-state index is 13.6. The Morgan fingerprint density at radius 3 is 2.34 bits per heavy atom. The van der Waals surface area contributed by atoms with Crippen molar-refractivity contribution in [2.24, 2.45) is 0 Å². The first-order chi connectivity index (χ1) is 13.6. The van der Waals surface area contributed by atoms with Gasteiger partial charge in [-0.05, 0) is 24.3 Å². The molecule has 9 nitrogen and oxygen atoms in total. The standard InChI is InChI=1S/C18H21NO8S2/c1-26-14-6-7-17(27-2)18(9-14)29(24,25)19(12-4-3-5-13(20)8-12)15-10-28(22,23)11-16(15)21/h3-9,15-16,20-21H,10-11H2,1-2H3/t15-,16+/m0/s1. The van der Waals surface area contributed by atoms with E-state index in [1.165, 1.54) is 56.7 Å². The van der Waals surface area contributed by atoms with Gasteiger partial charge in [0, 0.05) is 12.1 Å². The van der Waals surface area contributed by atoms with Crippen LogP contribution in [0.2, 0.25) is 0 Å². The van der Waals surface area contributed by atoms with Gasteiger partial charge in [-0.1, -0.05) is 6.07 Å². The minimum absolute atomic E-state index is 0.0102. The smallest absolute Gasteiger partial charge is 0.268 e. The van der Waals surface area contributed by atoms with Crippen LogP contribution in [0.25, 0.3) is 0 Å². The molecule has 2 aromatic rings. The lowest BCUT2D eigenvalue weighted by molar-refractivity contribution is 0.184. The van der Waals surface area contributed by atoms with Crippen LogP contribution < -0.4 is 13.8 Å². The molecule has 0 spiro atoms. The van der Waals surface area contributed by atoms with Crippen LogP contribution in [0.5, 0.6) is 17.2 Å². The molecular formula is C18H21NO8S2. The van der Waals surface area contributed by atoms with Crippen LogP contribution in [-0.2, 0) is 19.9 Å². The summed E-state index contributed by atoms with van der Waals surface area (Å²) in [7, 11) is -5.40. The number of sulfonamides is 1. The molecule has 2 N–H and O–H groups in total. The van der Waals surface area contributed by atoms with E-state index in [4.69, 9.17) is 9.47 Å². The second-order valence-corrected chi connectivity index (χ2v) is 10.5. The Hall–Kier alpha value is -2.50. The van der Waals surface area contributed by atoms with Gasteiger partial charge in [-0.25, -0.2) is 16.8 Å². The highest BCUT2D eigenvalue weighted by molar-refractivity contribution is 7.93. The van der Waals surface area contributed by atoms with Crippen molar-refractivity contribution in [1.82, 2.24) is 0 Å². The summed E-state index contributed by atoms with van der Waals surface area (Å²) in [5, 5.41) is 20.2. The number of sulfone groups is 1. The van der Waals surface area contributed by atoms with Gasteiger partial charge in [0.2, 0.25) is 0 Å². The molecule has 0 radical (unpaired) electrons. The van der Waals surface area contributed by atoms with E-state index >= 15 is 0 Å². The summed E-state index contributed by atoms with van der Waals surface area (Å²) in [5.41, 5.74) is 0.0102. The van der Waals surface area contributed by atoms with Crippen LogP contribution in [0.15, 0.2) is 47.4 Å². The van der Waals surface area contributed by atoms with Crippen LogP contribution in [0.3, 0.4) is 0 Å². The minimum atomic E-state index is -4.42. The Bertz CT molecular complexity index is 1110. The van der Waals surface area contributed by atoms with Gasteiger partial charge in [-0.3, -0.25) is 4.31 Å². The van der Waals surface area contributed by atoms with E-state index in [-0.39, 0.29) is 27.8 Å². The van der Waals surface area contributed by atoms with Crippen LogP contribution in [-0.4, -0.2) is 64.9 Å². The number of aromatic hydroxyl groups is 1. The van der Waals surface area contributed by atoms with Gasteiger partial charge in [0.15, 0.2) is 9.84 Å². The topological polar surface area (TPSA) is 130 Å². The van der Waals surface area contributed by atoms with Gasteiger partial charge in [-0.15, -0.1) is 0 Å². The van der Waals surface area contributed by atoms with Crippen molar-refractivity contribution < 1.29 is 36.5 Å². The number of aliphatic hydroxyl groups excluding tert-OH is 1. The first-order valence-electron chi connectivity index (χ1n) is 8.53. The van der Waals surface area contributed by atoms with Crippen LogP contribution >= 0.6 is 0 Å². The lowest BCUT2D eigenvalue weighted by atomic mass is 10.2. The molecule has 2 atom stereocenters. The summed E-state index contributed by atoms with van der Waals surface area (Å²) in [6.45, 7) is 0. The predicted molar refractivity (Wildman–Crippen MR) is 106 cm³/mol. The van der Waals surface area contributed by atoms with E-state index in [9.17, 15) is 27.0 Å². The summed E-state index contributed by atoms with van der Waals surface area (Å²) >= 11 is 0. The highest BCUT2D eigenvalue weighted by atomic mass is 32.2. The minimum Gasteiger partial charge on any atom is -0.508 e. The fourth-order valence-corrected chi connectivity index (χ4v) is 6.97. The zero-order valence-corrected chi connectivity index (χ0v) is 17.4. The van der Waals surface area contributed by atoms with E-state index in [2.05, 4.69) is 0 Å². The Kier molecular flexibility index (Phi) is 5.65. The lowest BCUT2D eigenvalue weighted by Gasteiger charge is -2.32. The maximum atomic E-state index is 13.6. The van der Waals surface area contributed by atoms with Crippen molar-refractivity contribution in [2.75, 3.05) is 30.0 Å². The fraction of sp³-hybridized carbons (Fsp3) is 0.333. The number of ether oxygens (including phenoxy) is 2. The van der Waals surface area contributed by atoms with Gasteiger partial charge >= 0.3 is 0 Å². The van der Waals surface area contributed by atoms with E-state index in [1.54, 1.807) is 0 Å². The number of phenolic OH excluding ortho intramolecular Hbond substituents is 1.